The first-order valence-electron chi connectivity index (χ1n) is 7.56. The van der Waals surface area contributed by atoms with Crippen molar-refractivity contribution in [3.05, 3.63) is 65.0 Å². The van der Waals surface area contributed by atoms with Crippen LogP contribution < -0.4 is 4.90 Å². The fourth-order valence-corrected chi connectivity index (χ4v) is 3.00. The van der Waals surface area contributed by atoms with E-state index in [1.807, 2.05) is 6.92 Å². The van der Waals surface area contributed by atoms with Crippen LogP contribution in [0.25, 0.3) is 0 Å². The lowest BCUT2D eigenvalue weighted by molar-refractivity contribution is -0.137. The van der Waals surface area contributed by atoms with Gasteiger partial charge in [0.25, 0.3) is 5.91 Å². The number of hydrogen-bond acceptors (Lipinski definition) is 1. The molecule has 1 atom stereocenters. The summed E-state index contributed by atoms with van der Waals surface area (Å²) in [5.41, 5.74) is 0.345. The number of halogens is 4. The zero-order valence-electron chi connectivity index (χ0n) is 12.9. The minimum absolute atomic E-state index is 0.0335. The van der Waals surface area contributed by atoms with Crippen molar-refractivity contribution in [1.82, 2.24) is 0 Å². The molecule has 6 heteroatoms. The van der Waals surface area contributed by atoms with Crippen LogP contribution in [0.5, 0.6) is 0 Å². The molecule has 1 unspecified atom stereocenters. The van der Waals surface area contributed by atoms with Crippen molar-refractivity contribution in [2.75, 3.05) is 4.90 Å². The molecule has 0 N–H and O–H groups in total. The molecule has 24 heavy (non-hydrogen) atoms. The number of anilines is 1. The lowest BCUT2D eigenvalue weighted by Crippen LogP contribution is -2.42. The third-order valence-electron chi connectivity index (χ3n) is 4.23. The molecule has 2 aromatic rings. The summed E-state index contributed by atoms with van der Waals surface area (Å²) < 4.78 is 52.0. The molecule has 0 saturated carbocycles. The molecule has 0 spiro atoms. The zero-order chi connectivity index (χ0) is 17.5. The Hall–Kier alpha value is -2.37. The molecule has 0 saturated heterocycles. The molecule has 0 radical (unpaired) electrons. The van der Waals surface area contributed by atoms with Gasteiger partial charge in [0.2, 0.25) is 0 Å². The Balaban J connectivity index is 2.01. The number of carbonyl (C=O) groups excluding carboxylic acids is 1. The van der Waals surface area contributed by atoms with Crippen molar-refractivity contribution in [3.63, 3.8) is 0 Å². The Morgan fingerprint density at radius 1 is 1.17 bits per heavy atom. The average Bonchev–Trinajstić information content (AvgIpc) is 2.54. The highest BCUT2D eigenvalue weighted by Crippen LogP contribution is 2.34. The third-order valence-corrected chi connectivity index (χ3v) is 4.23. The Labute approximate surface area is 136 Å². The van der Waals surface area contributed by atoms with Gasteiger partial charge in [0.15, 0.2) is 0 Å². The van der Waals surface area contributed by atoms with Crippen molar-refractivity contribution >= 4 is 11.6 Å². The number of alkyl halides is 3. The van der Waals surface area contributed by atoms with E-state index in [-0.39, 0.29) is 11.6 Å². The normalized spacial score (nSPS) is 17.5. The average molecular weight is 337 g/mol. The number of fused-ring (bicyclic) bond motifs is 1. The van der Waals surface area contributed by atoms with Crippen LogP contribution in [0.4, 0.5) is 23.2 Å². The van der Waals surface area contributed by atoms with Gasteiger partial charge in [0.1, 0.15) is 5.82 Å². The maximum absolute atomic E-state index is 13.4. The number of amides is 1. The molecule has 0 bridgehead atoms. The number of carbonyl (C=O) groups is 1. The molecule has 126 valence electrons. The Morgan fingerprint density at radius 2 is 1.92 bits per heavy atom. The third kappa shape index (κ3) is 3.00. The van der Waals surface area contributed by atoms with Crippen LogP contribution in [0.2, 0.25) is 0 Å². The topological polar surface area (TPSA) is 20.3 Å². The van der Waals surface area contributed by atoms with Gasteiger partial charge in [-0.05, 0) is 61.7 Å². The number of hydrogen-bond donors (Lipinski definition) is 0. The molecule has 1 heterocycles. The second-order valence-corrected chi connectivity index (χ2v) is 5.91. The van der Waals surface area contributed by atoms with Crippen molar-refractivity contribution < 1.29 is 22.4 Å². The molecule has 3 rings (SSSR count). The van der Waals surface area contributed by atoms with E-state index in [1.165, 1.54) is 35.2 Å². The molecule has 1 aliphatic rings. The van der Waals surface area contributed by atoms with E-state index >= 15 is 0 Å². The maximum Gasteiger partial charge on any atom is 0.416 e. The minimum atomic E-state index is -4.51. The van der Waals surface area contributed by atoms with Crippen molar-refractivity contribution in [1.29, 1.82) is 0 Å². The first kappa shape index (κ1) is 16.5. The van der Waals surface area contributed by atoms with Crippen LogP contribution in [0.1, 0.15) is 34.8 Å². The maximum atomic E-state index is 13.4. The van der Waals surface area contributed by atoms with Crippen LogP contribution in [-0.4, -0.2) is 11.9 Å². The van der Waals surface area contributed by atoms with Gasteiger partial charge in [-0.1, -0.05) is 6.07 Å². The van der Waals surface area contributed by atoms with E-state index in [0.29, 0.717) is 24.1 Å². The predicted molar refractivity (Wildman–Crippen MR) is 82.4 cm³/mol. The highest BCUT2D eigenvalue weighted by atomic mass is 19.4. The van der Waals surface area contributed by atoms with Gasteiger partial charge in [0.05, 0.1) is 5.56 Å². The summed E-state index contributed by atoms with van der Waals surface area (Å²) in [6, 6.07) is 8.32. The molecule has 2 nitrogen and oxygen atoms in total. The van der Waals surface area contributed by atoms with Gasteiger partial charge >= 0.3 is 6.18 Å². The monoisotopic (exact) mass is 337 g/mol. The zero-order valence-corrected chi connectivity index (χ0v) is 12.9. The summed E-state index contributed by atoms with van der Waals surface area (Å²) in [5, 5.41) is 0. The van der Waals surface area contributed by atoms with E-state index in [2.05, 4.69) is 0 Å². The van der Waals surface area contributed by atoms with E-state index in [4.69, 9.17) is 0 Å². The second-order valence-electron chi connectivity index (χ2n) is 5.91. The largest absolute Gasteiger partial charge is 0.416 e. The van der Waals surface area contributed by atoms with E-state index < -0.39 is 23.5 Å². The fraction of sp³-hybridized carbons (Fsp3) is 0.278. The van der Waals surface area contributed by atoms with Crippen molar-refractivity contribution in [2.24, 2.45) is 0 Å². The first-order valence-corrected chi connectivity index (χ1v) is 7.56. The summed E-state index contributed by atoms with van der Waals surface area (Å²) in [5.74, 6) is -0.907. The second kappa shape index (κ2) is 5.92. The Morgan fingerprint density at radius 3 is 2.62 bits per heavy atom. The number of aryl methyl sites for hydroxylation is 1. The standard InChI is InChI=1S/C18H15F4NO/c1-11-5-6-12-10-15(19)7-8-16(12)23(11)17(24)13-3-2-4-14(9-13)18(20,21)22/h2-4,7-11H,5-6H2,1H3. The molecule has 0 fully saturated rings. The van der Waals surface area contributed by atoms with Crippen molar-refractivity contribution in [3.8, 4) is 0 Å². The van der Waals surface area contributed by atoms with Crippen LogP contribution in [0, 0.1) is 5.82 Å². The van der Waals surface area contributed by atoms with Gasteiger partial charge in [-0.3, -0.25) is 4.79 Å². The van der Waals surface area contributed by atoms with E-state index in [0.717, 1.165) is 12.1 Å². The quantitative estimate of drug-likeness (QED) is 0.683. The highest BCUT2D eigenvalue weighted by Gasteiger charge is 2.33. The summed E-state index contributed by atoms with van der Waals surface area (Å²) in [4.78, 5) is 14.3. The molecule has 1 amide bonds. The molecular weight excluding hydrogens is 322 g/mol. The summed E-state index contributed by atoms with van der Waals surface area (Å²) in [6.07, 6.45) is -3.26. The van der Waals surface area contributed by atoms with Gasteiger partial charge in [0, 0.05) is 17.3 Å². The summed E-state index contributed by atoms with van der Waals surface area (Å²) in [6.45, 7) is 1.83. The molecule has 1 aliphatic heterocycles. The first-order chi connectivity index (χ1) is 11.3. The number of rotatable bonds is 1. The van der Waals surface area contributed by atoms with E-state index in [9.17, 15) is 22.4 Å². The van der Waals surface area contributed by atoms with Crippen LogP contribution in [0.3, 0.4) is 0 Å². The number of benzene rings is 2. The van der Waals surface area contributed by atoms with Crippen LogP contribution >= 0.6 is 0 Å². The van der Waals surface area contributed by atoms with Gasteiger partial charge in [-0.2, -0.15) is 13.2 Å². The van der Waals surface area contributed by atoms with Crippen LogP contribution in [0.15, 0.2) is 42.5 Å². The number of nitrogens with zero attached hydrogens (tertiary/aromatic N) is 1. The highest BCUT2D eigenvalue weighted by molar-refractivity contribution is 6.07. The van der Waals surface area contributed by atoms with Gasteiger partial charge in [-0.25, -0.2) is 4.39 Å². The summed E-state index contributed by atoms with van der Waals surface area (Å²) >= 11 is 0. The van der Waals surface area contributed by atoms with Gasteiger partial charge in [-0.15, -0.1) is 0 Å². The van der Waals surface area contributed by atoms with Crippen molar-refractivity contribution in [2.45, 2.75) is 32.0 Å². The molecular formula is C18H15F4NO. The molecule has 0 aliphatic carbocycles. The fourth-order valence-electron chi connectivity index (χ4n) is 3.00. The lowest BCUT2D eigenvalue weighted by Gasteiger charge is -2.35. The van der Waals surface area contributed by atoms with E-state index in [1.54, 1.807) is 0 Å². The van der Waals surface area contributed by atoms with Crippen LogP contribution in [-0.2, 0) is 12.6 Å². The molecule has 0 aromatic heterocycles. The SMILES string of the molecule is CC1CCc2cc(F)ccc2N1C(=O)c1cccc(C(F)(F)F)c1. The Kier molecular flexibility index (Phi) is 4.07. The lowest BCUT2D eigenvalue weighted by atomic mass is 9.95. The Bertz CT molecular complexity index is 785. The summed E-state index contributed by atoms with van der Waals surface area (Å²) in [7, 11) is 0. The predicted octanol–water partition coefficient (Wildman–Crippen LogP) is 4.83. The van der Waals surface area contributed by atoms with Gasteiger partial charge < -0.3 is 4.90 Å². The smallest absolute Gasteiger partial charge is 0.305 e. The minimum Gasteiger partial charge on any atom is -0.305 e. The molecule has 2 aromatic carbocycles.